The number of nitrogens with one attached hydrogen (secondary N) is 2. The Bertz CT molecular complexity index is 751. The minimum absolute atomic E-state index is 0.0483. The standard InChI is InChI=1S/C18H22N4O2/c1-12(2)11-22-8-7-19-18(22)21-17(24)10-13-9-16(23)20-15-6-4-3-5-14(13)15/h3-8,12-13H,9-11H2,1-2H3,(H,20,23)(H,19,21,24). The zero-order chi connectivity index (χ0) is 17.1. The van der Waals surface area contributed by atoms with E-state index in [4.69, 9.17) is 0 Å². The summed E-state index contributed by atoms with van der Waals surface area (Å²) in [6.45, 7) is 5.02. The van der Waals surface area contributed by atoms with Crippen LogP contribution in [0.15, 0.2) is 36.7 Å². The van der Waals surface area contributed by atoms with Gasteiger partial charge in [0.1, 0.15) is 0 Å². The van der Waals surface area contributed by atoms with Crippen molar-refractivity contribution in [2.45, 2.75) is 39.2 Å². The largest absolute Gasteiger partial charge is 0.326 e. The van der Waals surface area contributed by atoms with Crippen molar-refractivity contribution in [2.24, 2.45) is 5.92 Å². The van der Waals surface area contributed by atoms with Gasteiger partial charge < -0.3 is 9.88 Å². The quantitative estimate of drug-likeness (QED) is 0.887. The molecule has 24 heavy (non-hydrogen) atoms. The Hall–Kier alpha value is -2.63. The summed E-state index contributed by atoms with van der Waals surface area (Å²) < 4.78 is 1.93. The summed E-state index contributed by atoms with van der Waals surface area (Å²) in [6.07, 6.45) is 4.13. The maximum Gasteiger partial charge on any atom is 0.227 e. The summed E-state index contributed by atoms with van der Waals surface area (Å²) in [4.78, 5) is 28.5. The maximum absolute atomic E-state index is 12.4. The number of para-hydroxylation sites is 1. The molecule has 2 heterocycles. The van der Waals surface area contributed by atoms with Gasteiger partial charge >= 0.3 is 0 Å². The van der Waals surface area contributed by atoms with Gasteiger partial charge in [0.05, 0.1) is 0 Å². The minimum Gasteiger partial charge on any atom is -0.326 e. The molecule has 0 fully saturated rings. The molecule has 2 N–H and O–H groups in total. The molecule has 0 bridgehead atoms. The Morgan fingerprint density at radius 1 is 1.42 bits per heavy atom. The maximum atomic E-state index is 12.4. The van der Waals surface area contributed by atoms with E-state index >= 15 is 0 Å². The normalized spacial score (nSPS) is 16.6. The number of imidazole rings is 1. The third-order valence-corrected chi connectivity index (χ3v) is 4.07. The monoisotopic (exact) mass is 326 g/mol. The molecule has 1 aromatic heterocycles. The number of hydrogen-bond donors (Lipinski definition) is 2. The average Bonchev–Trinajstić information content (AvgIpc) is 2.93. The molecule has 0 spiro atoms. The second-order valence-electron chi connectivity index (χ2n) is 6.59. The summed E-state index contributed by atoms with van der Waals surface area (Å²) in [5, 5.41) is 5.72. The number of aromatic nitrogens is 2. The highest BCUT2D eigenvalue weighted by atomic mass is 16.2. The third kappa shape index (κ3) is 3.64. The molecule has 0 aliphatic carbocycles. The van der Waals surface area contributed by atoms with Crippen LogP contribution >= 0.6 is 0 Å². The van der Waals surface area contributed by atoms with Gasteiger partial charge in [0, 0.05) is 43.4 Å². The molecule has 1 aromatic carbocycles. The van der Waals surface area contributed by atoms with Crippen LogP contribution in [-0.4, -0.2) is 21.4 Å². The SMILES string of the molecule is CC(C)Cn1ccnc1NC(=O)CC1CC(=O)Nc2ccccc21. The van der Waals surface area contributed by atoms with E-state index < -0.39 is 0 Å². The van der Waals surface area contributed by atoms with Crippen LogP contribution in [0.3, 0.4) is 0 Å². The number of anilines is 2. The van der Waals surface area contributed by atoms with Crippen LogP contribution in [0.2, 0.25) is 0 Å². The topological polar surface area (TPSA) is 76.0 Å². The van der Waals surface area contributed by atoms with Crippen LogP contribution in [0.4, 0.5) is 11.6 Å². The van der Waals surface area contributed by atoms with Crippen molar-refractivity contribution in [2.75, 3.05) is 10.6 Å². The summed E-state index contributed by atoms with van der Waals surface area (Å²) in [5.41, 5.74) is 1.81. The van der Waals surface area contributed by atoms with Gasteiger partial charge in [0.25, 0.3) is 0 Å². The first kappa shape index (κ1) is 16.2. The second-order valence-corrected chi connectivity index (χ2v) is 6.59. The first-order valence-electron chi connectivity index (χ1n) is 8.22. The van der Waals surface area contributed by atoms with Crippen LogP contribution in [-0.2, 0) is 16.1 Å². The van der Waals surface area contributed by atoms with E-state index in [0.717, 1.165) is 17.8 Å². The fourth-order valence-corrected chi connectivity index (χ4v) is 3.06. The molecule has 6 heteroatoms. The summed E-state index contributed by atoms with van der Waals surface area (Å²) in [7, 11) is 0. The van der Waals surface area contributed by atoms with E-state index in [-0.39, 0.29) is 24.2 Å². The molecule has 1 aliphatic heterocycles. The zero-order valence-corrected chi connectivity index (χ0v) is 14.0. The molecular formula is C18H22N4O2. The van der Waals surface area contributed by atoms with Gasteiger partial charge in [-0.15, -0.1) is 0 Å². The number of carbonyl (C=O) groups excluding carboxylic acids is 2. The smallest absolute Gasteiger partial charge is 0.227 e. The molecule has 1 unspecified atom stereocenters. The molecule has 2 amide bonds. The second kappa shape index (κ2) is 6.86. The molecule has 3 rings (SSSR count). The number of amides is 2. The number of nitrogens with zero attached hydrogens (tertiary/aromatic N) is 2. The number of hydrogen-bond acceptors (Lipinski definition) is 3. The Morgan fingerprint density at radius 2 is 2.21 bits per heavy atom. The number of carbonyl (C=O) groups is 2. The highest BCUT2D eigenvalue weighted by molar-refractivity contribution is 5.96. The van der Waals surface area contributed by atoms with Crippen LogP contribution in [0, 0.1) is 5.92 Å². The number of benzene rings is 1. The van der Waals surface area contributed by atoms with Gasteiger partial charge in [-0.25, -0.2) is 4.98 Å². The van der Waals surface area contributed by atoms with E-state index in [0.29, 0.717) is 18.3 Å². The van der Waals surface area contributed by atoms with Crippen LogP contribution in [0.5, 0.6) is 0 Å². The third-order valence-electron chi connectivity index (χ3n) is 4.07. The number of fused-ring (bicyclic) bond motifs is 1. The van der Waals surface area contributed by atoms with Gasteiger partial charge in [-0.1, -0.05) is 32.0 Å². The summed E-state index contributed by atoms with van der Waals surface area (Å²) in [6, 6.07) is 7.64. The van der Waals surface area contributed by atoms with Gasteiger partial charge in [-0.2, -0.15) is 0 Å². The predicted molar refractivity (Wildman–Crippen MR) is 92.7 cm³/mol. The van der Waals surface area contributed by atoms with Gasteiger partial charge in [0.15, 0.2) is 0 Å². The summed E-state index contributed by atoms with van der Waals surface area (Å²) >= 11 is 0. The van der Waals surface area contributed by atoms with Gasteiger partial charge in [0.2, 0.25) is 17.8 Å². The molecule has 1 atom stereocenters. The minimum atomic E-state index is -0.124. The lowest BCUT2D eigenvalue weighted by Gasteiger charge is -2.25. The molecule has 0 saturated carbocycles. The lowest BCUT2D eigenvalue weighted by Crippen LogP contribution is -2.26. The molecule has 2 aromatic rings. The van der Waals surface area contributed by atoms with E-state index in [1.807, 2.05) is 35.0 Å². The van der Waals surface area contributed by atoms with Crippen LogP contribution < -0.4 is 10.6 Å². The molecule has 6 nitrogen and oxygen atoms in total. The Balaban J connectivity index is 1.70. The molecule has 0 radical (unpaired) electrons. The number of rotatable bonds is 5. The van der Waals surface area contributed by atoms with E-state index in [9.17, 15) is 9.59 Å². The van der Waals surface area contributed by atoms with Gasteiger partial charge in [-0.3, -0.25) is 14.9 Å². The van der Waals surface area contributed by atoms with Crippen LogP contribution in [0.25, 0.3) is 0 Å². The molecular weight excluding hydrogens is 304 g/mol. The average molecular weight is 326 g/mol. The molecule has 0 saturated heterocycles. The highest BCUT2D eigenvalue weighted by Gasteiger charge is 2.27. The summed E-state index contributed by atoms with van der Waals surface area (Å²) in [5.74, 6) is 0.739. The lowest BCUT2D eigenvalue weighted by atomic mass is 9.88. The van der Waals surface area contributed by atoms with Crippen molar-refractivity contribution >= 4 is 23.5 Å². The Morgan fingerprint density at radius 3 is 3.00 bits per heavy atom. The van der Waals surface area contributed by atoms with Gasteiger partial charge in [-0.05, 0) is 17.5 Å². The van der Waals surface area contributed by atoms with Crippen molar-refractivity contribution in [3.63, 3.8) is 0 Å². The van der Waals surface area contributed by atoms with Crippen molar-refractivity contribution < 1.29 is 9.59 Å². The van der Waals surface area contributed by atoms with E-state index in [2.05, 4.69) is 29.5 Å². The van der Waals surface area contributed by atoms with Crippen molar-refractivity contribution in [1.29, 1.82) is 0 Å². The van der Waals surface area contributed by atoms with E-state index in [1.54, 1.807) is 6.20 Å². The highest BCUT2D eigenvalue weighted by Crippen LogP contribution is 2.34. The molecule has 126 valence electrons. The fraction of sp³-hybridized carbons (Fsp3) is 0.389. The van der Waals surface area contributed by atoms with Crippen molar-refractivity contribution in [1.82, 2.24) is 9.55 Å². The first-order valence-corrected chi connectivity index (χ1v) is 8.22. The van der Waals surface area contributed by atoms with Crippen LogP contribution in [0.1, 0.15) is 38.2 Å². The van der Waals surface area contributed by atoms with Crippen molar-refractivity contribution in [3.05, 3.63) is 42.2 Å². The lowest BCUT2D eigenvalue weighted by molar-refractivity contribution is -0.118. The Kier molecular flexibility index (Phi) is 4.64. The Labute approximate surface area is 141 Å². The molecule has 1 aliphatic rings. The predicted octanol–water partition coefficient (Wildman–Crippen LogP) is 2.99. The van der Waals surface area contributed by atoms with Crippen molar-refractivity contribution in [3.8, 4) is 0 Å². The zero-order valence-electron chi connectivity index (χ0n) is 14.0. The van der Waals surface area contributed by atoms with E-state index in [1.165, 1.54) is 0 Å². The fourth-order valence-electron chi connectivity index (χ4n) is 3.06. The first-order chi connectivity index (χ1) is 11.5.